The number of anilines is 2. The van der Waals surface area contributed by atoms with Gasteiger partial charge in [0.1, 0.15) is 29.1 Å². The van der Waals surface area contributed by atoms with Crippen LogP contribution in [0.3, 0.4) is 0 Å². The van der Waals surface area contributed by atoms with Crippen molar-refractivity contribution in [1.82, 2.24) is 29.5 Å². The summed E-state index contributed by atoms with van der Waals surface area (Å²) < 4.78 is 1.67. The summed E-state index contributed by atoms with van der Waals surface area (Å²) in [6, 6.07) is 3.06. The number of halogens is 2. The molecule has 1 aliphatic heterocycles. The minimum atomic E-state index is -1.34. The van der Waals surface area contributed by atoms with E-state index in [0.717, 1.165) is 12.1 Å². The Morgan fingerprint density at radius 2 is 1.97 bits per heavy atom. The molecule has 1 amide bonds. The third-order valence-corrected chi connectivity index (χ3v) is 8.18. The van der Waals surface area contributed by atoms with Gasteiger partial charge in [-0.25, -0.2) is 24.5 Å². The summed E-state index contributed by atoms with van der Waals surface area (Å²) in [5.74, 6) is 0.449. The Labute approximate surface area is 222 Å². The minimum absolute atomic E-state index is 0.0351. The molecule has 0 bridgehead atoms. The lowest BCUT2D eigenvalue weighted by Crippen LogP contribution is -2.33. The molecule has 4 heterocycles. The van der Waals surface area contributed by atoms with Gasteiger partial charge in [-0.3, -0.25) is 4.79 Å². The van der Waals surface area contributed by atoms with Crippen LogP contribution in [0, 0.1) is 5.92 Å². The highest BCUT2D eigenvalue weighted by Crippen LogP contribution is 2.49. The summed E-state index contributed by atoms with van der Waals surface area (Å²) in [5.41, 5.74) is 7.83. The zero-order valence-electron chi connectivity index (χ0n) is 20.0. The van der Waals surface area contributed by atoms with E-state index >= 15 is 0 Å². The number of carbonyl (C=O) groups excluding carboxylic acids is 1. The van der Waals surface area contributed by atoms with Gasteiger partial charge in [0.2, 0.25) is 5.91 Å². The van der Waals surface area contributed by atoms with Gasteiger partial charge < -0.3 is 16.2 Å². The first-order valence-corrected chi connectivity index (χ1v) is 12.9. The lowest BCUT2D eigenvalue weighted by molar-refractivity contribution is -0.119. The smallest absolute Gasteiger partial charge is 0.240 e. The standard InChI is InChI=1S/C25H24Cl2N8O2/c1-25(13-7-8-14(26)19(36)18(13)27)17-20(28)32-21(33-22(17)34-24(25)37)16-10-35-23(29-11-30-35)15(31-16)9-12-5-3-2-4-6-12/h7-8,10-12,36H,2-6,9H2,1H3,(H3,28,32,33,34,37)/t25-/m1/s1. The number of aromatic nitrogens is 6. The van der Waals surface area contributed by atoms with E-state index in [-0.39, 0.29) is 33.3 Å². The summed E-state index contributed by atoms with van der Waals surface area (Å²) in [4.78, 5) is 31.7. The van der Waals surface area contributed by atoms with Crippen molar-refractivity contribution in [2.75, 3.05) is 11.1 Å². The van der Waals surface area contributed by atoms with Gasteiger partial charge in [-0.05, 0) is 30.9 Å². The second-order valence-electron chi connectivity index (χ2n) is 9.80. The predicted octanol–water partition coefficient (Wildman–Crippen LogP) is 4.56. The molecular weight excluding hydrogens is 515 g/mol. The van der Waals surface area contributed by atoms with E-state index in [0.29, 0.717) is 28.4 Å². The van der Waals surface area contributed by atoms with E-state index < -0.39 is 11.3 Å². The molecule has 6 rings (SSSR count). The SMILES string of the molecule is C[C@]1(c2ccc(Cl)c(O)c2Cl)C(=O)Nc2nc(-c3cn4ncnc4c(CC4CCCCC4)n3)nc(N)c21. The molecule has 1 saturated carbocycles. The molecule has 0 unspecified atom stereocenters. The quantitative estimate of drug-likeness (QED) is 0.343. The Balaban J connectivity index is 1.45. The summed E-state index contributed by atoms with van der Waals surface area (Å²) >= 11 is 12.4. The van der Waals surface area contributed by atoms with Crippen molar-refractivity contribution >= 4 is 46.4 Å². The van der Waals surface area contributed by atoms with E-state index in [1.165, 1.54) is 44.5 Å². The lowest BCUT2D eigenvalue weighted by atomic mass is 9.77. The second-order valence-corrected chi connectivity index (χ2v) is 10.6. The Morgan fingerprint density at radius 3 is 2.76 bits per heavy atom. The Kier molecular flexibility index (Phi) is 5.68. The Morgan fingerprint density at radius 1 is 1.19 bits per heavy atom. The molecule has 1 atom stereocenters. The van der Waals surface area contributed by atoms with Crippen LogP contribution in [0.5, 0.6) is 5.75 Å². The number of fused-ring (bicyclic) bond motifs is 2. The number of nitrogens with one attached hydrogen (secondary N) is 1. The van der Waals surface area contributed by atoms with Crippen LogP contribution in [0.2, 0.25) is 10.0 Å². The molecule has 0 saturated heterocycles. The number of amides is 1. The summed E-state index contributed by atoms with van der Waals surface area (Å²) in [6.45, 7) is 1.66. The third-order valence-electron chi connectivity index (χ3n) is 7.50. The highest BCUT2D eigenvalue weighted by Gasteiger charge is 2.49. The monoisotopic (exact) mass is 538 g/mol. The molecule has 190 valence electrons. The fraction of sp³-hybridized carbons (Fsp3) is 0.360. The number of benzene rings is 1. The number of phenolic OH excluding ortho intramolecular Hbond substituents is 1. The van der Waals surface area contributed by atoms with Gasteiger partial charge >= 0.3 is 0 Å². The van der Waals surface area contributed by atoms with Crippen LogP contribution in [0.1, 0.15) is 55.8 Å². The van der Waals surface area contributed by atoms with Gasteiger partial charge in [-0.2, -0.15) is 5.10 Å². The number of carbonyl (C=O) groups is 1. The second kappa shape index (κ2) is 8.81. The van der Waals surface area contributed by atoms with E-state index in [4.69, 9.17) is 33.9 Å². The average Bonchev–Trinajstić information content (AvgIpc) is 3.46. The number of nitrogens with two attached hydrogens (primary N) is 1. The van der Waals surface area contributed by atoms with Gasteiger partial charge in [0.25, 0.3) is 0 Å². The summed E-state index contributed by atoms with van der Waals surface area (Å²) in [6.07, 6.45) is 10.1. The van der Waals surface area contributed by atoms with E-state index in [2.05, 4.69) is 25.4 Å². The predicted molar refractivity (Wildman–Crippen MR) is 140 cm³/mol. The molecular formula is C25H24Cl2N8O2. The first kappa shape index (κ1) is 23.9. The topological polar surface area (TPSA) is 144 Å². The summed E-state index contributed by atoms with van der Waals surface area (Å²) in [7, 11) is 0. The molecule has 1 aromatic carbocycles. The number of nitrogen functional groups attached to an aromatic ring is 1. The normalized spacial score (nSPS) is 19.8. The largest absolute Gasteiger partial charge is 0.505 e. The zero-order chi connectivity index (χ0) is 25.9. The molecule has 3 aromatic heterocycles. The van der Waals surface area contributed by atoms with Crippen LogP contribution in [-0.2, 0) is 16.6 Å². The molecule has 37 heavy (non-hydrogen) atoms. The van der Waals surface area contributed by atoms with E-state index in [1.54, 1.807) is 23.7 Å². The Bertz CT molecular complexity index is 1570. The average molecular weight is 539 g/mol. The number of rotatable bonds is 4. The highest BCUT2D eigenvalue weighted by molar-refractivity contribution is 6.38. The highest BCUT2D eigenvalue weighted by atomic mass is 35.5. The maximum atomic E-state index is 13.3. The van der Waals surface area contributed by atoms with Crippen molar-refractivity contribution in [3.8, 4) is 17.3 Å². The molecule has 1 fully saturated rings. The van der Waals surface area contributed by atoms with Crippen molar-refractivity contribution < 1.29 is 9.90 Å². The van der Waals surface area contributed by atoms with Crippen LogP contribution in [-0.4, -0.2) is 40.6 Å². The number of hydrogen-bond acceptors (Lipinski definition) is 8. The van der Waals surface area contributed by atoms with Crippen molar-refractivity contribution in [1.29, 1.82) is 0 Å². The van der Waals surface area contributed by atoms with Crippen molar-refractivity contribution in [3.63, 3.8) is 0 Å². The van der Waals surface area contributed by atoms with Gasteiger partial charge in [-0.1, -0.05) is 61.4 Å². The van der Waals surface area contributed by atoms with E-state index in [1.807, 2.05) is 0 Å². The molecule has 4 aromatic rings. The van der Waals surface area contributed by atoms with Crippen molar-refractivity contribution in [2.24, 2.45) is 5.92 Å². The van der Waals surface area contributed by atoms with Gasteiger partial charge in [0.05, 0.1) is 27.5 Å². The van der Waals surface area contributed by atoms with Gasteiger partial charge in [-0.15, -0.1) is 0 Å². The number of phenols is 1. The molecule has 4 N–H and O–H groups in total. The van der Waals surface area contributed by atoms with Gasteiger partial charge in [0.15, 0.2) is 17.2 Å². The first-order valence-electron chi connectivity index (χ1n) is 12.1. The van der Waals surface area contributed by atoms with E-state index in [9.17, 15) is 9.90 Å². The number of aromatic hydroxyl groups is 1. The fourth-order valence-electron chi connectivity index (χ4n) is 5.51. The molecule has 10 nitrogen and oxygen atoms in total. The fourth-order valence-corrected chi connectivity index (χ4v) is 6.07. The zero-order valence-corrected chi connectivity index (χ0v) is 21.5. The number of nitrogens with zero attached hydrogens (tertiary/aromatic N) is 6. The first-order chi connectivity index (χ1) is 17.8. The number of hydrogen-bond donors (Lipinski definition) is 3. The molecule has 0 spiro atoms. The maximum Gasteiger partial charge on any atom is 0.240 e. The minimum Gasteiger partial charge on any atom is -0.505 e. The third kappa shape index (κ3) is 3.77. The van der Waals surface area contributed by atoms with Crippen LogP contribution in [0.25, 0.3) is 17.2 Å². The van der Waals surface area contributed by atoms with Crippen LogP contribution >= 0.6 is 23.2 Å². The Hall–Kier alpha value is -3.50. The molecule has 12 heteroatoms. The lowest BCUT2D eigenvalue weighted by Gasteiger charge is -2.25. The molecule has 2 aliphatic rings. The molecule has 1 aliphatic carbocycles. The molecule has 0 radical (unpaired) electrons. The van der Waals surface area contributed by atoms with Crippen molar-refractivity contribution in [2.45, 2.75) is 50.9 Å². The van der Waals surface area contributed by atoms with Crippen LogP contribution in [0.15, 0.2) is 24.7 Å². The van der Waals surface area contributed by atoms with Crippen LogP contribution < -0.4 is 11.1 Å². The van der Waals surface area contributed by atoms with Crippen molar-refractivity contribution in [3.05, 3.63) is 51.5 Å². The summed E-state index contributed by atoms with van der Waals surface area (Å²) in [5, 5.41) is 17.5. The maximum absolute atomic E-state index is 13.3. The van der Waals surface area contributed by atoms with Gasteiger partial charge in [0, 0.05) is 0 Å². The van der Waals surface area contributed by atoms with Crippen LogP contribution in [0.4, 0.5) is 11.6 Å².